The zero-order valence-electron chi connectivity index (χ0n) is 18.3. The standard InChI is InChI=1S/C23H32N6O.HI/c1-3-24-23(26-16-10-18-30-19(2)20-11-5-4-6-12-20)25-15-9-14-22-28-27-21-13-7-8-17-29(21)22;/h4-8,11-13,17,19H,3,9-10,14-16,18H2,1-2H3,(H2,24,25,26);1H. The van der Waals surface area contributed by atoms with Crippen LogP contribution in [0, 0.1) is 0 Å². The van der Waals surface area contributed by atoms with Crippen LogP contribution in [0.1, 0.15) is 44.2 Å². The number of hydrogen-bond donors (Lipinski definition) is 2. The fourth-order valence-electron chi connectivity index (χ4n) is 3.19. The molecule has 1 aromatic carbocycles. The summed E-state index contributed by atoms with van der Waals surface area (Å²) < 4.78 is 7.96. The highest BCUT2D eigenvalue weighted by Crippen LogP contribution is 2.15. The number of guanidine groups is 1. The van der Waals surface area contributed by atoms with Crippen molar-refractivity contribution in [3.63, 3.8) is 0 Å². The fraction of sp³-hybridized carbons (Fsp3) is 0.435. The molecule has 0 amide bonds. The van der Waals surface area contributed by atoms with E-state index < -0.39 is 0 Å². The molecule has 0 saturated carbocycles. The zero-order valence-corrected chi connectivity index (χ0v) is 20.7. The van der Waals surface area contributed by atoms with E-state index in [-0.39, 0.29) is 30.1 Å². The lowest BCUT2D eigenvalue weighted by Crippen LogP contribution is -2.38. The molecule has 2 aromatic heterocycles. The van der Waals surface area contributed by atoms with Crippen LogP contribution < -0.4 is 10.6 Å². The quantitative estimate of drug-likeness (QED) is 0.168. The number of ether oxygens (including phenoxy) is 1. The van der Waals surface area contributed by atoms with Gasteiger partial charge < -0.3 is 15.4 Å². The van der Waals surface area contributed by atoms with Gasteiger partial charge in [0.25, 0.3) is 0 Å². The number of pyridine rings is 1. The Morgan fingerprint density at radius 1 is 1.06 bits per heavy atom. The molecule has 8 heteroatoms. The average molecular weight is 536 g/mol. The van der Waals surface area contributed by atoms with Gasteiger partial charge in [0.05, 0.1) is 6.10 Å². The zero-order chi connectivity index (χ0) is 21.0. The number of benzene rings is 1. The Labute approximate surface area is 201 Å². The topological polar surface area (TPSA) is 75.8 Å². The van der Waals surface area contributed by atoms with Crippen molar-refractivity contribution in [3.05, 3.63) is 66.1 Å². The summed E-state index contributed by atoms with van der Waals surface area (Å²) >= 11 is 0. The van der Waals surface area contributed by atoms with Gasteiger partial charge in [-0.25, -0.2) is 0 Å². The molecule has 168 valence electrons. The van der Waals surface area contributed by atoms with Crippen molar-refractivity contribution >= 4 is 35.6 Å². The molecular formula is C23H33IN6O. The van der Waals surface area contributed by atoms with Gasteiger partial charge in [-0.1, -0.05) is 36.4 Å². The predicted octanol–water partition coefficient (Wildman–Crippen LogP) is 4.00. The molecule has 1 atom stereocenters. The highest BCUT2D eigenvalue weighted by atomic mass is 127. The molecule has 0 aliphatic carbocycles. The fourth-order valence-corrected chi connectivity index (χ4v) is 3.19. The van der Waals surface area contributed by atoms with E-state index in [2.05, 4.69) is 51.8 Å². The Morgan fingerprint density at radius 2 is 1.87 bits per heavy atom. The first-order valence-electron chi connectivity index (χ1n) is 10.7. The Bertz CT molecular complexity index is 915. The summed E-state index contributed by atoms with van der Waals surface area (Å²) in [4.78, 5) is 4.67. The largest absolute Gasteiger partial charge is 0.374 e. The van der Waals surface area contributed by atoms with E-state index in [1.807, 2.05) is 47.0 Å². The second kappa shape index (κ2) is 14.0. The van der Waals surface area contributed by atoms with Crippen LogP contribution in [0.25, 0.3) is 5.65 Å². The van der Waals surface area contributed by atoms with Gasteiger partial charge in [-0.3, -0.25) is 9.39 Å². The lowest BCUT2D eigenvalue weighted by molar-refractivity contribution is 0.0646. The number of fused-ring (bicyclic) bond motifs is 1. The van der Waals surface area contributed by atoms with E-state index in [0.29, 0.717) is 6.61 Å². The van der Waals surface area contributed by atoms with Gasteiger partial charge >= 0.3 is 0 Å². The predicted molar refractivity (Wildman–Crippen MR) is 136 cm³/mol. The van der Waals surface area contributed by atoms with Crippen LogP contribution in [-0.2, 0) is 11.2 Å². The van der Waals surface area contributed by atoms with E-state index in [1.54, 1.807) is 0 Å². The lowest BCUT2D eigenvalue weighted by atomic mass is 10.1. The van der Waals surface area contributed by atoms with Crippen LogP contribution in [0.3, 0.4) is 0 Å². The first kappa shape index (κ1) is 25.1. The molecule has 2 heterocycles. The second-order valence-electron chi connectivity index (χ2n) is 7.11. The molecule has 2 N–H and O–H groups in total. The first-order chi connectivity index (χ1) is 14.8. The maximum absolute atomic E-state index is 5.93. The van der Waals surface area contributed by atoms with E-state index in [9.17, 15) is 0 Å². The first-order valence-corrected chi connectivity index (χ1v) is 10.7. The van der Waals surface area contributed by atoms with Gasteiger partial charge in [0.2, 0.25) is 0 Å². The minimum absolute atomic E-state index is 0. The molecular weight excluding hydrogens is 503 g/mol. The smallest absolute Gasteiger partial charge is 0.191 e. The molecule has 0 aliphatic rings. The summed E-state index contributed by atoms with van der Waals surface area (Å²) in [6.07, 6.45) is 4.80. The average Bonchev–Trinajstić information content (AvgIpc) is 3.20. The SMILES string of the molecule is CCNC(=NCCCc1nnc2ccccn12)NCCCOC(C)c1ccccc1.I. The van der Waals surface area contributed by atoms with Gasteiger partial charge in [-0.15, -0.1) is 34.2 Å². The van der Waals surface area contributed by atoms with Crippen molar-refractivity contribution in [2.45, 2.75) is 39.2 Å². The maximum Gasteiger partial charge on any atom is 0.191 e. The lowest BCUT2D eigenvalue weighted by Gasteiger charge is -2.14. The summed E-state index contributed by atoms with van der Waals surface area (Å²) in [5.74, 6) is 1.82. The second-order valence-corrected chi connectivity index (χ2v) is 7.11. The molecule has 3 aromatic rings. The molecule has 0 spiro atoms. The Hall–Kier alpha value is -2.20. The Kier molecular flexibility index (Phi) is 11.3. The van der Waals surface area contributed by atoms with Crippen LogP contribution in [-0.4, -0.2) is 46.8 Å². The third-order valence-corrected chi connectivity index (χ3v) is 4.81. The molecule has 0 bridgehead atoms. The van der Waals surface area contributed by atoms with E-state index >= 15 is 0 Å². The summed E-state index contributed by atoms with van der Waals surface area (Å²) in [7, 11) is 0. The molecule has 3 rings (SSSR count). The van der Waals surface area contributed by atoms with E-state index in [1.165, 1.54) is 5.56 Å². The third kappa shape index (κ3) is 8.10. The van der Waals surface area contributed by atoms with Crippen molar-refractivity contribution in [1.82, 2.24) is 25.2 Å². The van der Waals surface area contributed by atoms with Gasteiger partial charge in [-0.2, -0.15) is 0 Å². The maximum atomic E-state index is 5.93. The highest BCUT2D eigenvalue weighted by molar-refractivity contribution is 14.0. The van der Waals surface area contributed by atoms with Gasteiger partial charge in [-0.05, 0) is 44.4 Å². The number of aryl methyl sites for hydroxylation is 1. The molecule has 0 aliphatic heterocycles. The Morgan fingerprint density at radius 3 is 2.68 bits per heavy atom. The number of aliphatic imine (C=N–C) groups is 1. The highest BCUT2D eigenvalue weighted by Gasteiger charge is 2.05. The number of aromatic nitrogens is 3. The monoisotopic (exact) mass is 536 g/mol. The number of rotatable bonds is 11. The van der Waals surface area contributed by atoms with Crippen molar-refractivity contribution in [2.24, 2.45) is 4.99 Å². The van der Waals surface area contributed by atoms with E-state index in [0.717, 1.165) is 56.3 Å². The molecule has 7 nitrogen and oxygen atoms in total. The van der Waals surface area contributed by atoms with Gasteiger partial charge in [0.1, 0.15) is 5.82 Å². The van der Waals surface area contributed by atoms with Crippen LogP contribution in [0.4, 0.5) is 0 Å². The summed E-state index contributed by atoms with van der Waals surface area (Å²) in [5, 5.41) is 15.1. The molecule has 31 heavy (non-hydrogen) atoms. The van der Waals surface area contributed by atoms with Crippen molar-refractivity contribution in [1.29, 1.82) is 0 Å². The summed E-state index contributed by atoms with van der Waals surface area (Å²) in [5.41, 5.74) is 2.09. The van der Waals surface area contributed by atoms with Crippen molar-refractivity contribution in [3.8, 4) is 0 Å². The number of nitrogens with zero attached hydrogens (tertiary/aromatic N) is 4. The normalized spacial score (nSPS) is 12.4. The van der Waals surface area contributed by atoms with E-state index in [4.69, 9.17) is 4.74 Å². The van der Waals surface area contributed by atoms with Crippen molar-refractivity contribution < 1.29 is 4.74 Å². The molecule has 1 unspecified atom stereocenters. The van der Waals surface area contributed by atoms with Crippen LogP contribution in [0.15, 0.2) is 59.7 Å². The minimum atomic E-state index is 0. The number of nitrogens with one attached hydrogen (secondary N) is 2. The Balaban J connectivity index is 0.00000341. The minimum Gasteiger partial charge on any atom is -0.374 e. The number of hydrogen-bond acceptors (Lipinski definition) is 4. The molecule has 0 radical (unpaired) electrons. The summed E-state index contributed by atoms with van der Waals surface area (Å²) in [6.45, 7) is 7.27. The molecule has 0 fully saturated rings. The van der Waals surface area contributed by atoms with Gasteiger partial charge in [0.15, 0.2) is 11.6 Å². The van der Waals surface area contributed by atoms with Crippen LogP contribution in [0.5, 0.6) is 0 Å². The van der Waals surface area contributed by atoms with Crippen molar-refractivity contribution in [2.75, 3.05) is 26.2 Å². The number of halogens is 1. The van der Waals surface area contributed by atoms with Crippen LogP contribution in [0.2, 0.25) is 0 Å². The van der Waals surface area contributed by atoms with Crippen LogP contribution >= 0.6 is 24.0 Å². The van der Waals surface area contributed by atoms with Gasteiger partial charge in [0, 0.05) is 38.9 Å². The third-order valence-electron chi connectivity index (χ3n) is 4.81. The summed E-state index contributed by atoms with van der Waals surface area (Å²) in [6, 6.07) is 16.2. The molecule has 0 saturated heterocycles.